The first-order valence-corrected chi connectivity index (χ1v) is 11.3. The van der Waals surface area contributed by atoms with Crippen LogP contribution in [0.3, 0.4) is 0 Å². The van der Waals surface area contributed by atoms with E-state index in [0.717, 1.165) is 39.0 Å². The number of hydrogen-bond donors (Lipinski definition) is 5. The van der Waals surface area contributed by atoms with Crippen LogP contribution in [0.5, 0.6) is 0 Å². The number of fused-ring (bicyclic) bond motifs is 2. The van der Waals surface area contributed by atoms with Crippen LogP contribution in [0, 0.1) is 5.92 Å². The lowest BCUT2D eigenvalue weighted by molar-refractivity contribution is -0.130. The van der Waals surface area contributed by atoms with Crippen LogP contribution in [0.15, 0.2) is 0 Å². The van der Waals surface area contributed by atoms with E-state index in [9.17, 15) is 9.18 Å². The van der Waals surface area contributed by atoms with Crippen molar-refractivity contribution in [3.8, 4) is 0 Å². The van der Waals surface area contributed by atoms with E-state index in [1.54, 1.807) is 5.01 Å². The van der Waals surface area contributed by atoms with Gasteiger partial charge in [-0.05, 0) is 13.0 Å². The highest BCUT2D eigenvalue weighted by molar-refractivity contribution is 5.80. The van der Waals surface area contributed by atoms with E-state index in [2.05, 4.69) is 26.2 Å². The van der Waals surface area contributed by atoms with Gasteiger partial charge < -0.3 is 26.4 Å². The molecule has 0 aromatic heterocycles. The number of rotatable bonds is 4. The molecule has 0 spiro atoms. The summed E-state index contributed by atoms with van der Waals surface area (Å²) in [7, 11) is 1.82. The third-order valence-electron chi connectivity index (χ3n) is 7.36. The summed E-state index contributed by atoms with van der Waals surface area (Å²) in [5.41, 5.74) is 6.35. The van der Waals surface area contributed by atoms with Gasteiger partial charge in [-0.15, -0.1) is 0 Å². The van der Waals surface area contributed by atoms with Crippen molar-refractivity contribution in [1.29, 1.82) is 0 Å². The van der Waals surface area contributed by atoms with Gasteiger partial charge in [0.1, 0.15) is 6.17 Å². The van der Waals surface area contributed by atoms with Crippen molar-refractivity contribution >= 4 is 5.91 Å². The predicted octanol–water partition coefficient (Wildman–Crippen LogP) is -2.82. The van der Waals surface area contributed by atoms with E-state index in [1.807, 2.05) is 12.1 Å². The molecule has 5 saturated heterocycles. The number of nitrogens with two attached hydrogens (primary N) is 1. The Kier molecular flexibility index (Phi) is 5.97. The smallest absolute Gasteiger partial charge is 0.229 e. The molecule has 170 valence electrons. The summed E-state index contributed by atoms with van der Waals surface area (Å²) in [5, 5.41) is 16.9. The van der Waals surface area contributed by atoms with Gasteiger partial charge in [-0.3, -0.25) is 15.0 Å². The van der Waals surface area contributed by atoms with Gasteiger partial charge in [0.15, 0.2) is 0 Å². The zero-order valence-corrected chi connectivity index (χ0v) is 17.6. The molecule has 30 heavy (non-hydrogen) atoms. The third kappa shape index (κ3) is 3.86. The number of halogens is 1. The Morgan fingerprint density at radius 1 is 1.23 bits per heavy atom. The lowest BCUT2D eigenvalue weighted by atomic mass is 9.98. The second-order valence-electron chi connectivity index (χ2n) is 9.27. The molecule has 7 unspecified atom stereocenters. The van der Waals surface area contributed by atoms with Gasteiger partial charge in [0, 0.05) is 52.7 Å². The Morgan fingerprint density at radius 3 is 2.93 bits per heavy atom. The molecule has 5 rings (SSSR count). The average Bonchev–Trinajstić information content (AvgIpc) is 3.37. The number of carbonyl (C=O) groups excluding carboxylic acids is 1. The Hall–Kier alpha value is -0.920. The monoisotopic (exact) mass is 426 g/mol. The molecular weight excluding hydrogens is 391 g/mol. The molecular formula is C19H35FN8O2. The SMILES string of the molecule is CN1C(N)C(C(=O)NC2CNCCC2O[C@H]2CC3NCCN3C2)C2NCC(F)CN21. The van der Waals surface area contributed by atoms with E-state index in [1.165, 1.54) is 0 Å². The fourth-order valence-corrected chi connectivity index (χ4v) is 5.72. The van der Waals surface area contributed by atoms with Crippen LogP contribution in [-0.4, -0.2) is 117 Å². The van der Waals surface area contributed by atoms with Gasteiger partial charge in [-0.25, -0.2) is 14.4 Å². The summed E-state index contributed by atoms with van der Waals surface area (Å²) in [6, 6.07) is -0.0984. The molecule has 5 heterocycles. The number of ether oxygens (including phenoxy) is 1. The van der Waals surface area contributed by atoms with Crippen LogP contribution in [0.2, 0.25) is 0 Å². The Morgan fingerprint density at radius 2 is 2.10 bits per heavy atom. The van der Waals surface area contributed by atoms with Crippen LogP contribution in [0.25, 0.3) is 0 Å². The highest BCUT2D eigenvalue weighted by atomic mass is 19.1. The van der Waals surface area contributed by atoms with E-state index >= 15 is 0 Å². The molecule has 0 radical (unpaired) electrons. The normalized spacial score (nSPS) is 45.4. The quantitative estimate of drug-likeness (QED) is 0.325. The van der Waals surface area contributed by atoms with Gasteiger partial charge in [0.2, 0.25) is 5.91 Å². The number of amides is 1. The van der Waals surface area contributed by atoms with E-state index < -0.39 is 18.3 Å². The zero-order valence-electron chi connectivity index (χ0n) is 17.6. The van der Waals surface area contributed by atoms with Crippen LogP contribution >= 0.6 is 0 Å². The van der Waals surface area contributed by atoms with Gasteiger partial charge in [-0.2, -0.15) is 0 Å². The van der Waals surface area contributed by atoms with Crippen LogP contribution in [0.4, 0.5) is 4.39 Å². The van der Waals surface area contributed by atoms with E-state index in [4.69, 9.17) is 10.5 Å². The molecule has 0 aromatic rings. The molecule has 5 aliphatic rings. The number of piperidine rings is 1. The summed E-state index contributed by atoms with van der Waals surface area (Å²) in [6.07, 6.45) is 0.747. The van der Waals surface area contributed by atoms with Gasteiger partial charge >= 0.3 is 0 Å². The van der Waals surface area contributed by atoms with E-state index in [-0.39, 0.29) is 43.4 Å². The van der Waals surface area contributed by atoms with Gasteiger partial charge in [-0.1, -0.05) is 0 Å². The van der Waals surface area contributed by atoms with Crippen LogP contribution in [-0.2, 0) is 9.53 Å². The fraction of sp³-hybridized carbons (Fsp3) is 0.947. The van der Waals surface area contributed by atoms with Gasteiger partial charge in [0.25, 0.3) is 0 Å². The summed E-state index contributed by atoms with van der Waals surface area (Å²) < 4.78 is 20.3. The second-order valence-corrected chi connectivity index (χ2v) is 9.27. The summed E-state index contributed by atoms with van der Waals surface area (Å²) in [6.45, 7) is 5.15. The van der Waals surface area contributed by atoms with Crippen molar-refractivity contribution in [2.24, 2.45) is 11.7 Å². The first-order chi connectivity index (χ1) is 14.5. The molecule has 5 fully saturated rings. The number of hydrogen-bond acceptors (Lipinski definition) is 9. The van der Waals surface area contributed by atoms with Crippen molar-refractivity contribution in [3.63, 3.8) is 0 Å². The summed E-state index contributed by atoms with van der Waals surface area (Å²) >= 11 is 0. The molecule has 11 heteroatoms. The molecule has 0 aromatic carbocycles. The lowest BCUT2D eigenvalue weighted by Gasteiger charge is -2.37. The topological polar surface area (TPSA) is 110 Å². The number of nitrogens with zero attached hydrogens (tertiary/aromatic N) is 3. The second kappa shape index (κ2) is 8.55. The first kappa shape index (κ1) is 21.0. The standard InChI is InChI=1S/C19H35FN8O2/c1-26-17(21)16(18-24-7-11(20)9-28(18)26)19(29)25-13-8-22-3-2-14(13)30-12-6-15-23-4-5-27(15)10-12/h11-18,22-24H,2-10,21H2,1H3,(H,25,29)/t11?,12-,13?,14?,15?,16?,17?,18?/m0/s1. The maximum Gasteiger partial charge on any atom is 0.229 e. The van der Waals surface area contributed by atoms with Crippen molar-refractivity contribution in [2.45, 2.75) is 55.8 Å². The van der Waals surface area contributed by atoms with E-state index in [0.29, 0.717) is 12.7 Å². The minimum absolute atomic E-state index is 0.0128. The average molecular weight is 427 g/mol. The number of hydrazine groups is 1. The van der Waals surface area contributed by atoms with Crippen molar-refractivity contribution in [1.82, 2.24) is 36.2 Å². The number of carbonyl (C=O) groups is 1. The van der Waals surface area contributed by atoms with Crippen molar-refractivity contribution in [2.75, 3.05) is 52.9 Å². The fourth-order valence-electron chi connectivity index (χ4n) is 5.72. The third-order valence-corrected chi connectivity index (χ3v) is 7.36. The lowest BCUT2D eigenvalue weighted by Crippen LogP contribution is -2.61. The predicted molar refractivity (Wildman–Crippen MR) is 109 cm³/mol. The first-order valence-electron chi connectivity index (χ1n) is 11.3. The minimum atomic E-state index is -0.964. The Labute approximate surface area is 177 Å². The molecule has 0 bridgehead atoms. The molecule has 0 saturated carbocycles. The van der Waals surface area contributed by atoms with Crippen LogP contribution in [0.1, 0.15) is 12.8 Å². The Balaban J connectivity index is 1.21. The largest absolute Gasteiger partial charge is 0.371 e. The Bertz CT molecular complexity index is 632. The van der Waals surface area contributed by atoms with Crippen LogP contribution < -0.4 is 27.0 Å². The maximum absolute atomic E-state index is 13.8. The van der Waals surface area contributed by atoms with Crippen molar-refractivity contribution in [3.05, 3.63) is 0 Å². The van der Waals surface area contributed by atoms with Gasteiger partial charge in [0.05, 0.1) is 42.7 Å². The molecule has 8 atom stereocenters. The molecule has 6 N–H and O–H groups in total. The number of alkyl halides is 1. The van der Waals surface area contributed by atoms with Crippen molar-refractivity contribution < 1.29 is 13.9 Å². The highest BCUT2D eigenvalue weighted by Gasteiger charge is 2.51. The maximum atomic E-state index is 13.8. The molecule has 5 aliphatic heterocycles. The minimum Gasteiger partial charge on any atom is -0.371 e. The molecule has 0 aliphatic carbocycles. The molecule has 10 nitrogen and oxygen atoms in total. The summed E-state index contributed by atoms with van der Waals surface area (Å²) in [4.78, 5) is 15.7. The highest BCUT2D eigenvalue weighted by Crippen LogP contribution is 2.29. The molecule has 1 amide bonds. The summed E-state index contributed by atoms with van der Waals surface area (Å²) in [5.74, 6) is -0.561. The zero-order chi connectivity index (χ0) is 20.8. The number of nitrogens with one attached hydrogen (secondary N) is 4.